The fraction of sp³-hybridized carbons (Fsp3) is 0.458. The second kappa shape index (κ2) is 9.50. The molecule has 0 spiro atoms. The highest BCUT2D eigenvalue weighted by Crippen LogP contribution is 2.45. The van der Waals surface area contributed by atoms with Crippen LogP contribution < -0.4 is 0 Å². The van der Waals surface area contributed by atoms with Crippen molar-refractivity contribution < 1.29 is 14.3 Å². The zero-order valence-corrected chi connectivity index (χ0v) is 19.9. The summed E-state index contributed by atoms with van der Waals surface area (Å²) in [6, 6.07) is 7.81. The smallest absolute Gasteiger partial charge is 0.338 e. The maximum absolute atomic E-state index is 13.1. The number of fused-ring (bicyclic) bond motifs is 1. The van der Waals surface area contributed by atoms with Gasteiger partial charge in [0.05, 0.1) is 30.8 Å². The molecule has 1 aromatic carbocycles. The Balaban J connectivity index is 1.68. The summed E-state index contributed by atoms with van der Waals surface area (Å²) in [6.07, 6.45) is 0.911. The number of nitrogens with zero attached hydrogens (tertiary/aromatic N) is 4. The zero-order valence-electron chi connectivity index (χ0n) is 19.1. The SMILES string of the molecule is CCC1=C(C(=O)OC)[C@@H](c2ccc(C)cc2)N2C(CC(=O)N3CCN(C)CC3)=CSC2=N1. The summed E-state index contributed by atoms with van der Waals surface area (Å²) in [5.74, 6) is -0.268. The number of rotatable bonds is 5. The van der Waals surface area contributed by atoms with Gasteiger partial charge in [-0.3, -0.25) is 4.79 Å². The van der Waals surface area contributed by atoms with Gasteiger partial charge in [0, 0.05) is 31.9 Å². The van der Waals surface area contributed by atoms with Gasteiger partial charge in [0.15, 0.2) is 5.17 Å². The molecule has 3 aliphatic rings. The number of thioether (sulfide) groups is 1. The number of piperazine rings is 1. The Hall–Kier alpha value is -2.58. The minimum Gasteiger partial charge on any atom is -0.466 e. The van der Waals surface area contributed by atoms with Crippen molar-refractivity contribution in [2.75, 3.05) is 40.3 Å². The maximum Gasteiger partial charge on any atom is 0.338 e. The van der Waals surface area contributed by atoms with Crippen LogP contribution in [-0.4, -0.2) is 72.1 Å². The number of methoxy groups -OCH3 is 1. The first-order chi connectivity index (χ1) is 15.4. The number of carbonyl (C=O) groups excluding carboxylic acids is 2. The lowest BCUT2D eigenvalue weighted by Gasteiger charge is -2.37. The number of amides is 1. The first kappa shape index (κ1) is 22.6. The monoisotopic (exact) mass is 454 g/mol. The molecular weight excluding hydrogens is 424 g/mol. The van der Waals surface area contributed by atoms with Crippen LogP contribution in [0.2, 0.25) is 0 Å². The van der Waals surface area contributed by atoms with Crippen LogP contribution in [-0.2, 0) is 14.3 Å². The Bertz CT molecular complexity index is 991. The molecule has 1 fully saturated rings. The molecule has 1 saturated heterocycles. The van der Waals surface area contributed by atoms with E-state index >= 15 is 0 Å². The summed E-state index contributed by atoms with van der Waals surface area (Å²) < 4.78 is 5.17. The molecule has 1 amide bonds. The molecule has 3 aliphatic heterocycles. The van der Waals surface area contributed by atoms with Crippen LogP contribution in [0.15, 0.2) is 51.6 Å². The van der Waals surface area contributed by atoms with E-state index in [-0.39, 0.29) is 24.3 Å². The van der Waals surface area contributed by atoms with E-state index in [1.165, 1.54) is 18.9 Å². The fourth-order valence-corrected chi connectivity index (χ4v) is 5.24. The van der Waals surface area contributed by atoms with E-state index in [9.17, 15) is 9.59 Å². The summed E-state index contributed by atoms with van der Waals surface area (Å²) in [4.78, 5) is 37.0. The lowest BCUT2D eigenvalue weighted by Crippen LogP contribution is -2.47. The van der Waals surface area contributed by atoms with Crippen molar-refractivity contribution in [2.45, 2.75) is 32.7 Å². The predicted octanol–water partition coefficient (Wildman–Crippen LogP) is 3.30. The van der Waals surface area contributed by atoms with Gasteiger partial charge in [-0.05, 0) is 31.4 Å². The van der Waals surface area contributed by atoms with E-state index in [0.717, 1.165) is 53.9 Å². The fourth-order valence-electron chi connectivity index (χ4n) is 4.30. The molecule has 0 aliphatic carbocycles. The molecule has 0 saturated carbocycles. The lowest BCUT2D eigenvalue weighted by atomic mass is 9.92. The van der Waals surface area contributed by atoms with Crippen molar-refractivity contribution >= 4 is 28.8 Å². The lowest BCUT2D eigenvalue weighted by molar-refractivity contribution is -0.136. The first-order valence-corrected chi connectivity index (χ1v) is 11.9. The van der Waals surface area contributed by atoms with Crippen molar-refractivity contribution in [2.24, 2.45) is 4.99 Å². The molecule has 0 aromatic heterocycles. The van der Waals surface area contributed by atoms with Crippen molar-refractivity contribution in [3.05, 3.63) is 57.8 Å². The summed E-state index contributed by atoms with van der Waals surface area (Å²) in [6.45, 7) is 7.29. The zero-order chi connectivity index (χ0) is 22.8. The quantitative estimate of drug-likeness (QED) is 0.636. The average molecular weight is 455 g/mol. The van der Waals surface area contributed by atoms with Gasteiger partial charge in [-0.25, -0.2) is 9.79 Å². The number of benzene rings is 1. The standard InChI is InChI=1S/C24H30N4O3S/c1-5-19-21(23(30)31-4)22(17-8-6-16(2)7-9-17)28-18(15-32-24(28)25-19)14-20(29)27-12-10-26(3)11-13-27/h6-9,15,22H,5,10-14H2,1-4H3/t22-/m1/s1. The van der Waals surface area contributed by atoms with Crippen molar-refractivity contribution in [3.8, 4) is 0 Å². The van der Waals surface area contributed by atoms with Gasteiger partial charge in [-0.1, -0.05) is 48.5 Å². The van der Waals surface area contributed by atoms with Crippen LogP contribution in [0, 0.1) is 6.92 Å². The second-order valence-electron chi connectivity index (χ2n) is 8.37. The van der Waals surface area contributed by atoms with Gasteiger partial charge >= 0.3 is 5.97 Å². The normalized spacial score (nSPS) is 21.3. The van der Waals surface area contributed by atoms with Gasteiger partial charge in [0.2, 0.25) is 5.91 Å². The molecule has 8 heteroatoms. The number of amidine groups is 1. The van der Waals surface area contributed by atoms with Gasteiger partial charge in [-0.2, -0.15) is 0 Å². The molecule has 0 bridgehead atoms. The Kier molecular flexibility index (Phi) is 6.71. The molecule has 1 aromatic rings. The van der Waals surface area contributed by atoms with Crippen LogP contribution in [0.25, 0.3) is 0 Å². The van der Waals surface area contributed by atoms with E-state index in [4.69, 9.17) is 9.73 Å². The number of ether oxygens (including phenoxy) is 1. The molecule has 0 unspecified atom stereocenters. The highest BCUT2D eigenvalue weighted by molar-refractivity contribution is 8.16. The Morgan fingerprint density at radius 2 is 1.84 bits per heavy atom. The van der Waals surface area contributed by atoms with Crippen LogP contribution in [0.5, 0.6) is 0 Å². The number of allylic oxidation sites excluding steroid dienone is 1. The summed E-state index contributed by atoms with van der Waals surface area (Å²) in [7, 11) is 3.48. The van der Waals surface area contributed by atoms with Crippen LogP contribution in [0.1, 0.15) is 36.9 Å². The molecule has 170 valence electrons. The Morgan fingerprint density at radius 1 is 1.16 bits per heavy atom. The number of carbonyl (C=O) groups is 2. The second-order valence-corrected chi connectivity index (χ2v) is 9.21. The van der Waals surface area contributed by atoms with Crippen LogP contribution in [0.4, 0.5) is 0 Å². The average Bonchev–Trinajstić information content (AvgIpc) is 3.20. The molecule has 4 rings (SSSR count). The Morgan fingerprint density at radius 3 is 2.47 bits per heavy atom. The molecule has 0 N–H and O–H groups in total. The van der Waals surface area contributed by atoms with Gasteiger partial charge in [-0.15, -0.1) is 0 Å². The summed E-state index contributed by atoms with van der Waals surface area (Å²) in [5.41, 5.74) is 4.29. The first-order valence-electron chi connectivity index (χ1n) is 11.0. The van der Waals surface area contributed by atoms with E-state index in [2.05, 4.69) is 16.8 Å². The third-order valence-electron chi connectivity index (χ3n) is 6.21. The molecule has 3 heterocycles. The topological polar surface area (TPSA) is 65.5 Å². The van der Waals surface area contributed by atoms with Gasteiger partial charge in [0.1, 0.15) is 0 Å². The number of hydrogen-bond donors (Lipinski definition) is 0. The third-order valence-corrected chi connectivity index (χ3v) is 7.10. The summed E-state index contributed by atoms with van der Waals surface area (Å²) >= 11 is 1.51. The third kappa shape index (κ3) is 4.34. The van der Waals surface area contributed by atoms with Crippen molar-refractivity contribution in [1.29, 1.82) is 0 Å². The van der Waals surface area contributed by atoms with Gasteiger partial charge in [0.25, 0.3) is 0 Å². The highest BCUT2D eigenvalue weighted by Gasteiger charge is 2.41. The van der Waals surface area contributed by atoms with E-state index < -0.39 is 0 Å². The van der Waals surface area contributed by atoms with Crippen molar-refractivity contribution in [1.82, 2.24) is 14.7 Å². The molecule has 1 atom stereocenters. The van der Waals surface area contributed by atoms with E-state index in [1.54, 1.807) is 0 Å². The highest BCUT2D eigenvalue weighted by atomic mass is 32.2. The van der Waals surface area contributed by atoms with Gasteiger partial charge < -0.3 is 19.4 Å². The number of likely N-dealkylation sites (N-methyl/N-ethyl adjacent to an activating group) is 1. The van der Waals surface area contributed by atoms with Crippen molar-refractivity contribution in [3.63, 3.8) is 0 Å². The number of hydrogen-bond acceptors (Lipinski definition) is 7. The summed E-state index contributed by atoms with van der Waals surface area (Å²) in [5, 5.41) is 2.81. The number of esters is 1. The predicted molar refractivity (Wildman–Crippen MR) is 127 cm³/mol. The maximum atomic E-state index is 13.1. The molecular formula is C24H30N4O3S. The van der Waals surface area contributed by atoms with E-state index in [1.807, 2.05) is 48.4 Å². The molecule has 32 heavy (non-hydrogen) atoms. The Labute approximate surface area is 193 Å². The van der Waals surface area contributed by atoms with Crippen LogP contribution >= 0.6 is 11.8 Å². The number of aliphatic imine (C=N–C) groups is 1. The minimum absolute atomic E-state index is 0.110. The number of aryl methyl sites for hydroxylation is 1. The largest absolute Gasteiger partial charge is 0.466 e. The molecule has 7 nitrogen and oxygen atoms in total. The van der Waals surface area contributed by atoms with Crippen LogP contribution in [0.3, 0.4) is 0 Å². The molecule has 0 radical (unpaired) electrons. The van der Waals surface area contributed by atoms with E-state index in [0.29, 0.717) is 12.0 Å². The minimum atomic E-state index is -0.378.